The summed E-state index contributed by atoms with van der Waals surface area (Å²) in [5.74, 6) is -0.385. The van der Waals surface area contributed by atoms with Crippen molar-refractivity contribution >= 4 is 33.4 Å². The van der Waals surface area contributed by atoms with Crippen LogP contribution in [0.15, 0.2) is 53.0 Å². The lowest BCUT2D eigenvalue weighted by Crippen LogP contribution is -2.30. The molecule has 0 bridgehead atoms. The summed E-state index contributed by atoms with van der Waals surface area (Å²) in [6.45, 7) is 4.43. The van der Waals surface area contributed by atoms with Gasteiger partial charge in [0.05, 0.1) is 12.0 Å². The molecule has 2 amide bonds. The van der Waals surface area contributed by atoms with Crippen LogP contribution in [0, 0.1) is 12.8 Å². The number of nitrogens with one attached hydrogen (secondary N) is 1. The highest BCUT2D eigenvalue weighted by molar-refractivity contribution is 9.10. The van der Waals surface area contributed by atoms with E-state index in [1.807, 2.05) is 62.4 Å². The van der Waals surface area contributed by atoms with E-state index in [0.29, 0.717) is 6.54 Å². The van der Waals surface area contributed by atoms with Crippen LogP contribution in [0.1, 0.15) is 30.5 Å². The Morgan fingerprint density at radius 3 is 2.64 bits per heavy atom. The Hall–Kier alpha value is -2.14. The maximum absolute atomic E-state index is 12.6. The van der Waals surface area contributed by atoms with Gasteiger partial charge in [0.1, 0.15) is 0 Å². The molecule has 1 aliphatic heterocycles. The maximum Gasteiger partial charge on any atom is 0.229 e. The molecule has 130 valence electrons. The molecule has 2 aromatic carbocycles. The van der Waals surface area contributed by atoms with Gasteiger partial charge in [-0.2, -0.15) is 0 Å². The fourth-order valence-electron chi connectivity index (χ4n) is 3.16. The predicted octanol–water partition coefficient (Wildman–Crippen LogP) is 4.31. The summed E-state index contributed by atoms with van der Waals surface area (Å²) in [4.78, 5) is 26.8. The molecule has 5 heteroatoms. The summed E-state index contributed by atoms with van der Waals surface area (Å²) in [5.41, 5.74) is 2.90. The highest BCUT2D eigenvalue weighted by atomic mass is 79.9. The number of rotatable bonds is 4. The molecule has 2 atom stereocenters. The van der Waals surface area contributed by atoms with Crippen LogP contribution in [0.2, 0.25) is 0 Å². The van der Waals surface area contributed by atoms with E-state index in [1.54, 1.807) is 4.90 Å². The van der Waals surface area contributed by atoms with Crippen molar-refractivity contribution in [3.05, 3.63) is 64.1 Å². The predicted molar refractivity (Wildman–Crippen MR) is 102 cm³/mol. The van der Waals surface area contributed by atoms with Crippen LogP contribution in [0.5, 0.6) is 0 Å². The van der Waals surface area contributed by atoms with Gasteiger partial charge in [0.25, 0.3) is 0 Å². The molecular formula is C20H21BrN2O2. The number of nitrogens with zero attached hydrogens (tertiary/aromatic N) is 1. The number of likely N-dealkylation sites (tertiary alicyclic amines) is 1. The second-order valence-electron chi connectivity index (χ2n) is 6.49. The van der Waals surface area contributed by atoms with Gasteiger partial charge in [0.15, 0.2) is 0 Å². The molecule has 0 saturated carbocycles. The third-order valence-electron chi connectivity index (χ3n) is 4.70. The van der Waals surface area contributed by atoms with Gasteiger partial charge in [-0.15, -0.1) is 0 Å². The topological polar surface area (TPSA) is 49.4 Å². The van der Waals surface area contributed by atoms with Gasteiger partial charge < -0.3 is 10.2 Å². The van der Waals surface area contributed by atoms with Gasteiger partial charge >= 0.3 is 0 Å². The summed E-state index contributed by atoms with van der Waals surface area (Å²) in [7, 11) is 0. The molecule has 3 rings (SSSR count). The Bertz CT molecular complexity index is 792. The summed E-state index contributed by atoms with van der Waals surface area (Å²) in [6.07, 6.45) is 0.262. The number of carbonyl (C=O) groups excluding carboxylic acids is 2. The molecule has 2 aromatic rings. The average molecular weight is 401 g/mol. The lowest BCUT2D eigenvalue weighted by Gasteiger charge is -2.25. The first-order valence-corrected chi connectivity index (χ1v) is 9.16. The number of hydrogen-bond acceptors (Lipinski definition) is 2. The monoisotopic (exact) mass is 400 g/mol. The lowest BCUT2D eigenvalue weighted by atomic mass is 10.1. The van der Waals surface area contributed by atoms with Gasteiger partial charge in [0, 0.05) is 23.1 Å². The van der Waals surface area contributed by atoms with Crippen LogP contribution < -0.4 is 5.32 Å². The number of amides is 2. The normalized spacial score (nSPS) is 18.3. The van der Waals surface area contributed by atoms with Gasteiger partial charge in [-0.05, 0) is 43.2 Å². The fraction of sp³-hybridized carbons (Fsp3) is 0.300. The van der Waals surface area contributed by atoms with Crippen LogP contribution in [-0.2, 0) is 9.59 Å². The Labute approximate surface area is 156 Å². The Morgan fingerprint density at radius 1 is 1.24 bits per heavy atom. The van der Waals surface area contributed by atoms with E-state index in [0.717, 1.165) is 21.3 Å². The zero-order valence-electron chi connectivity index (χ0n) is 14.3. The van der Waals surface area contributed by atoms with Crippen molar-refractivity contribution in [2.75, 3.05) is 11.9 Å². The largest absolute Gasteiger partial charge is 0.335 e. The maximum atomic E-state index is 12.6. The number of hydrogen-bond donors (Lipinski definition) is 1. The van der Waals surface area contributed by atoms with E-state index >= 15 is 0 Å². The molecule has 4 nitrogen and oxygen atoms in total. The van der Waals surface area contributed by atoms with Crippen LogP contribution in [0.3, 0.4) is 0 Å². The van der Waals surface area contributed by atoms with E-state index in [9.17, 15) is 9.59 Å². The molecule has 1 saturated heterocycles. The molecule has 1 N–H and O–H groups in total. The summed E-state index contributed by atoms with van der Waals surface area (Å²) < 4.78 is 1.00. The minimum atomic E-state index is -0.317. The number of halogens is 1. The molecule has 0 aliphatic carbocycles. The van der Waals surface area contributed by atoms with Gasteiger partial charge in [-0.3, -0.25) is 9.59 Å². The second kappa shape index (κ2) is 7.40. The Morgan fingerprint density at radius 2 is 1.96 bits per heavy atom. The second-order valence-corrected chi connectivity index (χ2v) is 7.34. The van der Waals surface area contributed by atoms with Crippen LogP contribution >= 0.6 is 15.9 Å². The summed E-state index contributed by atoms with van der Waals surface area (Å²) in [6, 6.07) is 15.6. The molecule has 0 spiro atoms. The average Bonchev–Trinajstić information content (AvgIpc) is 3.00. The van der Waals surface area contributed by atoms with Gasteiger partial charge in [-0.1, -0.05) is 46.3 Å². The van der Waals surface area contributed by atoms with Crippen molar-refractivity contribution in [2.45, 2.75) is 26.3 Å². The zero-order chi connectivity index (χ0) is 18.0. The third kappa shape index (κ3) is 3.93. The quantitative estimate of drug-likeness (QED) is 0.830. The van der Waals surface area contributed by atoms with Crippen molar-refractivity contribution in [3.63, 3.8) is 0 Å². The molecular weight excluding hydrogens is 380 g/mol. The zero-order valence-corrected chi connectivity index (χ0v) is 15.9. The van der Waals surface area contributed by atoms with E-state index in [2.05, 4.69) is 21.2 Å². The molecule has 0 unspecified atom stereocenters. The number of anilines is 1. The molecule has 1 aliphatic rings. The minimum absolute atomic E-state index is 0.0265. The first-order chi connectivity index (χ1) is 12.0. The highest BCUT2D eigenvalue weighted by Gasteiger charge is 2.37. The number of benzene rings is 2. The standard InChI is InChI=1S/C20H21BrN2O2/c1-13-10-17(8-9-18(13)21)22-20(25)16-11-19(24)23(12-16)14(2)15-6-4-3-5-7-15/h3-10,14,16H,11-12H2,1-2H3,(H,22,25)/t14-,16-/m0/s1. The Balaban J connectivity index is 1.67. The lowest BCUT2D eigenvalue weighted by molar-refractivity contribution is -0.129. The molecule has 1 fully saturated rings. The van der Waals surface area contributed by atoms with E-state index in [-0.39, 0.29) is 30.2 Å². The van der Waals surface area contributed by atoms with Crippen LogP contribution in [-0.4, -0.2) is 23.3 Å². The third-order valence-corrected chi connectivity index (χ3v) is 5.59. The van der Waals surface area contributed by atoms with Crippen molar-refractivity contribution < 1.29 is 9.59 Å². The highest BCUT2D eigenvalue weighted by Crippen LogP contribution is 2.29. The molecule has 25 heavy (non-hydrogen) atoms. The van der Waals surface area contributed by atoms with Crippen molar-refractivity contribution in [2.24, 2.45) is 5.92 Å². The molecule has 0 aromatic heterocycles. The molecule has 0 radical (unpaired) electrons. The summed E-state index contributed by atoms with van der Waals surface area (Å²) >= 11 is 3.45. The first-order valence-electron chi connectivity index (χ1n) is 8.37. The van der Waals surface area contributed by atoms with Gasteiger partial charge in [-0.25, -0.2) is 0 Å². The van der Waals surface area contributed by atoms with Crippen molar-refractivity contribution in [3.8, 4) is 0 Å². The van der Waals surface area contributed by atoms with Gasteiger partial charge in [0.2, 0.25) is 11.8 Å². The number of carbonyl (C=O) groups is 2. The van der Waals surface area contributed by atoms with E-state index in [1.165, 1.54) is 0 Å². The van der Waals surface area contributed by atoms with E-state index in [4.69, 9.17) is 0 Å². The Kier molecular flexibility index (Phi) is 5.23. The SMILES string of the molecule is Cc1cc(NC(=O)[C@H]2CC(=O)N([C@@H](C)c3ccccc3)C2)ccc1Br. The van der Waals surface area contributed by atoms with Crippen molar-refractivity contribution in [1.29, 1.82) is 0 Å². The minimum Gasteiger partial charge on any atom is -0.335 e. The first kappa shape index (κ1) is 17.7. The van der Waals surface area contributed by atoms with E-state index < -0.39 is 0 Å². The smallest absolute Gasteiger partial charge is 0.229 e. The van der Waals surface area contributed by atoms with Crippen LogP contribution in [0.4, 0.5) is 5.69 Å². The number of aryl methyl sites for hydroxylation is 1. The van der Waals surface area contributed by atoms with Crippen LogP contribution in [0.25, 0.3) is 0 Å². The summed E-state index contributed by atoms with van der Waals surface area (Å²) in [5, 5.41) is 2.93. The van der Waals surface area contributed by atoms with Crippen molar-refractivity contribution in [1.82, 2.24) is 4.90 Å². The fourth-order valence-corrected chi connectivity index (χ4v) is 3.41. The molecule has 1 heterocycles.